The SMILES string of the molecule is O=C1NCCO1.c1ccc(N2CCNCC2)cc1. The molecule has 2 fully saturated rings. The van der Waals surface area contributed by atoms with Gasteiger partial charge in [-0.1, -0.05) is 18.2 Å². The Morgan fingerprint density at radius 1 is 1.06 bits per heavy atom. The molecule has 1 amide bonds. The number of ether oxygens (including phenoxy) is 1. The van der Waals surface area contributed by atoms with Gasteiger partial charge in [-0.2, -0.15) is 0 Å². The van der Waals surface area contributed by atoms with Crippen molar-refractivity contribution in [2.24, 2.45) is 0 Å². The molecule has 0 aromatic heterocycles. The first-order chi connectivity index (χ1) is 8.86. The highest BCUT2D eigenvalue weighted by atomic mass is 16.6. The molecule has 5 heteroatoms. The lowest BCUT2D eigenvalue weighted by Gasteiger charge is -2.29. The third kappa shape index (κ3) is 3.92. The number of rotatable bonds is 1. The van der Waals surface area contributed by atoms with E-state index in [1.165, 1.54) is 5.69 Å². The summed E-state index contributed by atoms with van der Waals surface area (Å²) in [7, 11) is 0. The fraction of sp³-hybridized carbons (Fsp3) is 0.462. The number of carbonyl (C=O) groups is 1. The van der Waals surface area contributed by atoms with E-state index in [-0.39, 0.29) is 6.09 Å². The van der Waals surface area contributed by atoms with Gasteiger partial charge in [0.2, 0.25) is 0 Å². The number of hydrogen-bond acceptors (Lipinski definition) is 4. The molecule has 2 aliphatic heterocycles. The van der Waals surface area contributed by atoms with E-state index in [0.29, 0.717) is 13.2 Å². The van der Waals surface area contributed by atoms with E-state index >= 15 is 0 Å². The summed E-state index contributed by atoms with van der Waals surface area (Å²) >= 11 is 0. The van der Waals surface area contributed by atoms with E-state index < -0.39 is 0 Å². The van der Waals surface area contributed by atoms with E-state index in [1.807, 2.05) is 0 Å². The molecule has 2 aliphatic rings. The highest BCUT2D eigenvalue weighted by Gasteiger charge is 2.08. The summed E-state index contributed by atoms with van der Waals surface area (Å²) in [6.45, 7) is 5.66. The molecule has 0 saturated carbocycles. The normalized spacial score (nSPS) is 18.4. The summed E-state index contributed by atoms with van der Waals surface area (Å²) in [4.78, 5) is 12.3. The zero-order chi connectivity index (χ0) is 12.6. The zero-order valence-electron chi connectivity index (χ0n) is 10.4. The van der Waals surface area contributed by atoms with Crippen molar-refractivity contribution in [1.82, 2.24) is 10.6 Å². The second-order valence-corrected chi connectivity index (χ2v) is 4.14. The van der Waals surface area contributed by atoms with E-state index in [9.17, 15) is 4.79 Å². The number of amides is 1. The third-order valence-corrected chi connectivity index (χ3v) is 2.84. The van der Waals surface area contributed by atoms with Crippen molar-refractivity contribution in [2.45, 2.75) is 0 Å². The molecular formula is C13H19N3O2. The molecule has 0 bridgehead atoms. The molecule has 1 aromatic rings. The minimum atomic E-state index is -0.296. The number of carbonyl (C=O) groups excluding carboxylic acids is 1. The minimum absolute atomic E-state index is 0.296. The standard InChI is InChI=1S/C10H14N2.C3H5NO2/c1-2-4-10(5-3-1)12-8-6-11-7-9-12;5-3-4-1-2-6-3/h1-5,11H,6-9H2;1-2H2,(H,4,5). The number of nitrogens with one attached hydrogen (secondary N) is 2. The van der Waals surface area contributed by atoms with E-state index in [2.05, 4.69) is 50.6 Å². The molecule has 0 spiro atoms. The van der Waals surface area contributed by atoms with Gasteiger partial charge in [0, 0.05) is 31.9 Å². The van der Waals surface area contributed by atoms with Crippen molar-refractivity contribution in [2.75, 3.05) is 44.2 Å². The monoisotopic (exact) mass is 249 g/mol. The summed E-state index contributed by atoms with van der Waals surface area (Å²) in [5.41, 5.74) is 1.35. The molecule has 98 valence electrons. The fourth-order valence-electron chi connectivity index (χ4n) is 1.91. The highest BCUT2D eigenvalue weighted by Crippen LogP contribution is 2.12. The second kappa shape index (κ2) is 6.86. The van der Waals surface area contributed by atoms with Crippen LogP contribution < -0.4 is 15.5 Å². The van der Waals surface area contributed by atoms with Gasteiger partial charge in [-0.3, -0.25) is 0 Å². The van der Waals surface area contributed by atoms with Gasteiger partial charge < -0.3 is 20.3 Å². The van der Waals surface area contributed by atoms with Crippen LogP contribution in [0.5, 0.6) is 0 Å². The number of para-hydroxylation sites is 1. The molecular weight excluding hydrogens is 230 g/mol. The summed E-state index contributed by atoms with van der Waals surface area (Å²) in [6, 6.07) is 10.6. The molecule has 18 heavy (non-hydrogen) atoms. The summed E-state index contributed by atoms with van der Waals surface area (Å²) in [6.07, 6.45) is -0.296. The summed E-state index contributed by atoms with van der Waals surface area (Å²) in [5.74, 6) is 0. The Morgan fingerprint density at radius 2 is 1.78 bits per heavy atom. The highest BCUT2D eigenvalue weighted by molar-refractivity contribution is 5.68. The van der Waals surface area contributed by atoms with Crippen molar-refractivity contribution in [3.05, 3.63) is 30.3 Å². The van der Waals surface area contributed by atoms with Crippen LogP contribution in [-0.4, -0.2) is 45.4 Å². The molecule has 2 N–H and O–H groups in total. The van der Waals surface area contributed by atoms with Crippen molar-refractivity contribution in [1.29, 1.82) is 0 Å². The molecule has 0 unspecified atom stereocenters. The Kier molecular flexibility index (Phi) is 4.84. The summed E-state index contributed by atoms with van der Waals surface area (Å²) < 4.78 is 4.40. The van der Waals surface area contributed by atoms with Crippen molar-refractivity contribution in [3.63, 3.8) is 0 Å². The lowest BCUT2D eigenvalue weighted by Crippen LogP contribution is -2.43. The quantitative estimate of drug-likeness (QED) is 0.774. The predicted molar refractivity (Wildman–Crippen MR) is 70.9 cm³/mol. The van der Waals surface area contributed by atoms with Gasteiger partial charge in [0.05, 0.1) is 6.54 Å². The molecule has 1 aromatic carbocycles. The van der Waals surface area contributed by atoms with Gasteiger partial charge in [0.25, 0.3) is 0 Å². The maximum atomic E-state index is 9.91. The molecule has 5 nitrogen and oxygen atoms in total. The maximum absolute atomic E-state index is 9.91. The smallest absolute Gasteiger partial charge is 0.407 e. The number of hydrogen-bond donors (Lipinski definition) is 2. The molecule has 0 radical (unpaired) electrons. The fourth-order valence-corrected chi connectivity index (χ4v) is 1.91. The molecule has 3 rings (SSSR count). The lowest BCUT2D eigenvalue weighted by molar-refractivity contribution is 0.178. The van der Waals surface area contributed by atoms with Gasteiger partial charge in [0.1, 0.15) is 6.61 Å². The first-order valence-corrected chi connectivity index (χ1v) is 6.27. The van der Waals surface area contributed by atoms with Crippen LogP contribution in [0.3, 0.4) is 0 Å². The average Bonchev–Trinajstić information content (AvgIpc) is 2.93. The van der Waals surface area contributed by atoms with Crippen LogP contribution >= 0.6 is 0 Å². The largest absolute Gasteiger partial charge is 0.448 e. The number of benzene rings is 1. The summed E-state index contributed by atoms with van der Waals surface area (Å²) in [5, 5.41) is 5.80. The van der Waals surface area contributed by atoms with Gasteiger partial charge in [-0.05, 0) is 12.1 Å². The van der Waals surface area contributed by atoms with E-state index in [4.69, 9.17) is 0 Å². The molecule has 2 heterocycles. The number of piperazine rings is 1. The van der Waals surface area contributed by atoms with Crippen molar-refractivity contribution in [3.8, 4) is 0 Å². The number of cyclic esters (lactones) is 1. The maximum Gasteiger partial charge on any atom is 0.407 e. The van der Waals surface area contributed by atoms with E-state index in [0.717, 1.165) is 26.2 Å². The Balaban J connectivity index is 0.000000169. The van der Waals surface area contributed by atoms with Crippen LogP contribution in [0.2, 0.25) is 0 Å². The number of nitrogens with zero attached hydrogens (tertiary/aromatic N) is 1. The van der Waals surface area contributed by atoms with Crippen molar-refractivity contribution < 1.29 is 9.53 Å². The van der Waals surface area contributed by atoms with E-state index in [1.54, 1.807) is 0 Å². The number of alkyl carbamates (subject to hydrolysis) is 1. The van der Waals surface area contributed by atoms with Gasteiger partial charge in [0.15, 0.2) is 0 Å². The van der Waals surface area contributed by atoms with Crippen molar-refractivity contribution >= 4 is 11.8 Å². The van der Waals surface area contributed by atoms with Gasteiger partial charge >= 0.3 is 6.09 Å². The third-order valence-electron chi connectivity index (χ3n) is 2.84. The second-order valence-electron chi connectivity index (χ2n) is 4.14. The minimum Gasteiger partial charge on any atom is -0.448 e. The first-order valence-electron chi connectivity index (χ1n) is 6.27. The molecule has 0 aliphatic carbocycles. The molecule has 2 saturated heterocycles. The Bertz CT molecular complexity index is 356. The predicted octanol–water partition coefficient (Wildman–Crippen LogP) is 0.822. The Hall–Kier alpha value is -1.75. The van der Waals surface area contributed by atoms with Crippen LogP contribution in [0.4, 0.5) is 10.5 Å². The van der Waals surface area contributed by atoms with Crippen LogP contribution in [0.25, 0.3) is 0 Å². The van der Waals surface area contributed by atoms with Gasteiger partial charge in [-0.25, -0.2) is 4.79 Å². The topological polar surface area (TPSA) is 53.6 Å². The Labute approximate surface area is 107 Å². The molecule has 0 atom stereocenters. The van der Waals surface area contributed by atoms with Crippen LogP contribution in [0.1, 0.15) is 0 Å². The number of anilines is 1. The lowest BCUT2D eigenvalue weighted by atomic mass is 10.2. The van der Waals surface area contributed by atoms with Crippen LogP contribution in [0.15, 0.2) is 30.3 Å². The van der Waals surface area contributed by atoms with Crippen LogP contribution in [0, 0.1) is 0 Å². The first kappa shape index (κ1) is 12.7. The average molecular weight is 249 g/mol. The Morgan fingerprint density at radius 3 is 2.28 bits per heavy atom. The zero-order valence-corrected chi connectivity index (χ0v) is 10.4. The van der Waals surface area contributed by atoms with Crippen LogP contribution in [-0.2, 0) is 4.74 Å². The van der Waals surface area contributed by atoms with Gasteiger partial charge in [-0.15, -0.1) is 0 Å².